The van der Waals surface area contributed by atoms with Gasteiger partial charge in [0, 0.05) is 0 Å². The molecule has 4 nitrogen and oxygen atoms in total. The van der Waals surface area contributed by atoms with E-state index >= 15 is 0 Å². The largest absolute Gasteiger partial charge is 0.455 e. The summed E-state index contributed by atoms with van der Waals surface area (Å²) < 4.78 is 44.1. The van der Waals surface area contributed by atoms with Crippen molar-refractivity contribution < 1.29 is 27.5 Å². The van der Waals surface area contributed by atoms with Gasteiger partial charge in [0.1, 0.15) is 0 Å². The van der Waals surface area contributed by atoms with E-state index in [9.17, 15) is 22.8 Å². The molecular weight excluding hydrogens is 335 g/mol. The summed E-state index contributed by atoms with van der Waals surface area (Å²) in [7, 11) is 0. The fourth-order valence-electron chi connectivity index (χ4n) is 2.09. The number of rotatable bonds is 5. The summed E-state index contributed by atoms with van der Waals surface area (Å²) in [6.07, 6.45) is -0.0199. The van der Waals surface area contributed by atoms with Gasteiger partial charge in [-0.05, 0) is 42.7 Å². The van der Waals surface area contributed by atoms with Crippen molar-refractivity contribution in [2.45, 2.75) is 20.3 Å². The first kappa shape index (κ1) is 18.5. The topological polar surface area (TPSA) is 55.4 Å². The van der Waals surface area contributed by atoms with Crippen molar-refractivity contribution in [3.05, 3.63) is 64.5 Å². The molecule has 2 aromatic carbocycles. The predicted molar refractivity (Wildman–Crippen MR) is 85.5 cm³/mol. The second-order valence-corrected chi connectivity index (χ2v) is 5.53. The van der Waals surface area contributed by atoms with Crippen molar-refractivity contribution in [2.75, 3.05) is 11.9 Å². The smallest absolute Gasteiger partial charge is 0.310 e. The quantitative estimate of drug-likeness (QED) is 0.663. The van der Waals surface area contributed by atoms with E-state index in [1.807, 2.05) is 31.3 Å². The molecule has 7 heteroatoms. The minimum atomic E-state index is -1.69. The maximum atomic E-state index is 13.4. The first-order valence-electron chi connectivity index (χ1n) is 7.43. The number of carbonyl (C=O) groups excluding carboxylic acids is 2. The van der Waals surface area contributed by atoms with E-state index in [1.165, 1.54) is 0 Å². The van der Waals surface area contributed by atoms with Crippen LogP contribution in [0.2, 0.25) is 0 Å². The lowest BCUT2D eigenvalue weighted by atomic mass is 10.0. The van der Waals surface area contributed by atoms with E-state index in [2.05, 4.69) is 0 Å². The number of aryl methyl sites for hydroxylation is 2. The van der Waals surface area contributed by atoms with Crippen molar-refractivity contribution in [3.8, 4) is 0 Å². The van der Waals surface area contributed by atoms with E-state index in [1.54, 1.807) is 6.07 Å². The molecule has 0 aliphatic rings. The summed E-state index contributed by atoms with van der Waals surface area (Å²) >= 11 is 0. The Morgan fingerprint density at radius 3 is 2.40 bits per heavy atom. The molecule has 0 aliphatic carbocycles. The highest BCUT2D eigenvalue weighted by Crippen LogP contribution is 2.19. The standard InChI is InChI=1S/C18H16F3NO3/c1-10-3-4-12(7-11(10)2)8-16(24)25-9-15(23)22-14-6-5-13(19)17(20)18(14)21/h3-7H,8-9H2,1-2H3,(H,22,23). The molecule has 0 saturated carbocycles. The van der Waals surface area contributed by atoms with Crippen LogP contribution in [0.1, 0.15) is 16.7 Å². The number of halogens is 3. The molecule has 0 fully saturated rings. The van der Waals surface area contributed by atoms with Gasteiger partial charge in [-0.25, -0.2) is 13.2 Å². The molecule has 1 N–H and O–H groups in total. The lowest BCUT2D eigenvalue weighted by Gasteiger charge is -2.09. The Balaban J connectivity index is 1.88. The van der Waals surface area contributed by atoms with Crippen LogP contribution in [0.4, 0.5) is 18.9 Å². The normalized spacial score (nSPS) is 10.4. The van der Waals surface area contributed by atoms with Crippen LogP contribution in [0.15, 0.2) is 30.3 Å². The van der Waals surface area contributed by atoms with Crippen LogP contribution in [0.5, 0.6) is 0 Å². The van der Waals surface area contributed by atoms with Crippen LogP contribution in [0.3, 0.4) is 0 Å². The van der Waals surface area contributed by atoms with Crippen LogP contribution in [-0.4, -0.2) is 18.5 Å². The van der Waals surface area contributed by atoms with Crippen molar-refractivity contribution in [2.24, 2.45) is 0 Å². The van der Waals surface area contributed by atoms with Gasteiger partial charge in [0.15, 0.2) is 24.1 Å². The number of nitrogens with one attached hydrogen (secondary N) is 1. The van der Waals surface area contributed by atoms with Crippen LogP contribution >= 0.6 is 0 Å². The summed E-state index contributed by atoms with van der Waals surface area (Å²) in [5.41, 5.74) is 2.32. The van der Waals surface area contributed by atoms with Crippen LogP contribution in [0, 0.1) is 31.3 Å². The number of benzene rings is 2. The zero-order valence-electron chi connectivity index (χ0n) is 13.7. The lowest BCUT2D eigenvalue weighted by Crippen LogP contribution is -2.22. The maximum absolute atomic E-state index is 13.4. The first-order valence-corrected chi connectivity index (χ1v) is 7.43. The molecule has 0 bridgehead atoms. The van der Waals surface area contributed by atoms with E-state index < -0.39 is 41.6 Å². The fourth-order valence-corrected chi connectivity index (χ4v) is 2.09. The highest BCUT2D eigenvalue weighted by molar-refractivity contribution is 5.93. The molecule has 2 aromatic rings. The van der Waals surface area contributed by atoms with Crippen molar-refractivity contribution in [1.29, 1.82) is 0 Å². The van der Waals surface area contributed by atoms with Crippen LogP contribution < -0.4 is 5.32 Å². The highest BCUT2D eigenvalue weighted by atomic mass is 19.2. The SMILES string of the molecule is Cc1ccc(CC(=O)OCC(=O)Nc2ccc(F)c(F)c2F)cc1C. The Morgan fingerprint density at radius 1 is 1.00 bits per heavy atom. The third kappa shape index (κ3) is 4.82. The number of hydrogen-bond acceptors (Lipinski definition) is 3. The van der Waals surface area contributed by atoms with Crippen molar-refractivity contribution >= 4 is 17.6 Å². The monoisotopic (exact) mass is 351 g/mol. The molecule has 0 heterocycles. The second kappa shape index (κ2) is 7.83. The van der Waals surface area contributed by atoms with E-state index in [0.717, 1.165) is 22.8 Å². The molecule has 132 valence electrons. The molecule has 2 rings (SSSR count). The lowest BCUT2D eigenvalue weighted by molar-refractivity contribution is -0.146. The third-order valence-electron chi connectivity index (χ3n) is 3.59. The Labute approximate surface area is 142 Å². The maximum Gasteiger partial charge on any atom is 0.310 e. The highest BCUT2D eigenvalue weighted by Gasteiger charge is 2.16. The molecule has 25 heavy (non-hydrogen) atoms. The summed E-state index contributed by atoms with van der Waals surface area (Å²) in [4.78, 5) is 23.4. The van der Waals surface area contributed by atoms with Gasteiger partial charge in [-0.2, -0.15) is 0 Å². The summed E-state index contributed by atoms with van der Waals surface area (Å²) in [6.45, 7) is 3.19. The summed E-state index contributed by atoms with van der Waals surface area (Å²) in [5, 5.41) is 2.02. The van der Waals surface area contributed by atoms with Crippen LogP contribution in [0.25, 0.3) is 0 Å². The Hall–Kier alpha value is -2.83. The van der Waals surface area contributed by atoms with Crippen LogP contribution in [-0.2, 0) is 20.7 Å². The molecular formula is C18H16F3NO3. The molecule has 0 unspecified atom stereocenters. The van der Waals surface area contributed by atoms with E-state index in [0.29, 0.717) is 6.07 Å². The number of hydrogen-bond donors (Lipinski definition) is 1. The molecule has 1 amide bonds. The van der Waals surface area contributed by atoms with Gasteiger partial charge in [0.25, 0.3) is 5.91 Å². The number of ether oxygens (including phenoxy) is 1. The third-order valence-corrected chi connectivity index (χ3v) is 3.59. The Morgan fingerprint density at radius 2 is 1.72 bits per heavy atom. The second-order valence-electron chi connectivity index (χ2n) is 5.53. The minimum absolute atomic E-state index is 0.0199. The number of carbonyl (C=O) groups is 2. The zero-order valence-corrected chi connectivity index (χ0v) is 13.7. The average molecular weight is 351 g/mol. The van der Waals surface area contributed by atoms with Gasteiger partial charge in [-0.15, -0.1) is 0 Å². The summed E-state index contributed by atoms with van der Waals surface area (Å²) in [5.74, 6) is -6.07. The number of anilines is 1. The van der Waals surface area contributed by atoms with Gasteiger partial charge < -0.3 is 10.1 Å². The van der Waals surface area contributed by atoms with Crippen molar-refractivity contribution in [1.82, 2.24) is 0 Å². The van der Waals surface area contributed by atoms with E-state index in [-0.39, 0.29) is 6.42 Å². The molecule has 0 aliphatic heterocycles. The number of amides is 1. The molecule has 0 spiro atoms. The predicted octanol–water partition coefficient (Wildman–Crippen LogP) is 3.45. The van der Waals surface area contributed by atoms with Gasteiger partial charge in [0.2, 0.25) is 0 Å². The minimum Gasteiger partial charge on any atom is -0.455 e. The molecule has 0 atom stereocenters. The van der Waals surface area contributed by atoms with Crippen molar-refractivity contribution in [3.63, 3.8) is 0 Å². The molecule has 0 radical (unpaired) electrons. The molecule has 0 saturated heterocycles. The first-order chi connectivity index (χ1) is 11.8. The fraction of sp³-hybridized carbons (Fsp3) is 0.222. The number of esters is 1. The summed E-state index contributed by atoms with van der Waals surface area (Å²) in [6, 6.07) is 7.05. The van der Waals surface area contributed by atoms with E-state index in [4.69, 9.17) is 4.74 Å². The van der Waals surface area contributed by atoms with Gasteiger partial charge in [0.05, 0.1) is 12.1 Å². The van der Waals surface area contributed by atoms with Gasteiger partial charge >= 0.3 is 5.97 Å². The van der Waals surface area contributed by atoms with Gasteiger partial charge in [-0.3, -0.25) is 9.59 Å². The average Bonchev–Trinajstić information content (AvgIpc) is 2.57. The Bertz CT molecular complexity index is 821. The van der Waals surface area contributed by atoms with Gasteiger partial charge in [-0.1, -0.05) is 18.2 Å². The Kier molecular flexibility index (Phi) is 5.80. The zero-order chi connectivity index (χ0) is 18.6. The molecule has 0 aromatic heterocycles.